The predicted octanol–water partition coefficient (Wildman–Crippen LogP) is 3.44. The smallest absolute Gasteiger partial charge is 0.338 e. The van der Waals surface area contributed by atoms with E-state index in [2.05, 4.69) is 34.6 Å². The summed E-state index contributed by atoms with van der Waals surface area (Å²) in [6, 6.07) is 13.1. The molecular formula is C21H25N3O3S. The van der Waals surface area contributed by atoms with E-state index >= 15 is 0 Å². The van der Waals surface area contributed by atoms with Gasteiger partial charge in [-0.3, -0.25) is 4.90 Å². The van der Waals surface area contributed by atoms with Gasteiger partial charge < -0.3 is 15.4 Å². The Morgan fingerprint density at radius 1 is 1.14 bits per heavy atom. The van der Waals surface area contributed by atoms with Gasteiger partial charge in [0.05, 0.1) is 18.2 Å². The third-order valence-corrected chi connectivity index (χ3v) is 5.49. The topological polar surface area (TPSA) is 70.7 Å². The summed E-state index contributed by atoms with van der Waals surface area (Å²) in [5.74, 6) is -0.404. The fourth-order valence-electron chi connectivity index (χ4n) is 3.21. The Labute approximate surface area is 169 Å². The lowest BCUT2D eigenvalue weighted by Crippen LogP contribution is -2.48. The highest BCUT2D eigenvalue weighted by atomic mass is 32.1. The van der Waals surface area contributed by atoms with Crippen molar-refractivity contribution < 1.29 is 14.3 Å². The number of nitrogens with zero attached hydrogens (tertiary/aromatic N) is 1. The number of esters is 1. The Morgan fingerprint density at radius 2 is 1.93 bits per heavy atom. The van der Waals surface area contributed by atoms with E-state index < -0.39 is 12.0 Å². The molecule has 148 valence electrons. The summed E-state index contributed by atoms with van der Waals surface area (Å²) in [5, 5.41) is 7.63. The molecule has 0 bridgehead atoms. The second-order valence-corrected chi connectivity index (χ2v) is 7.43. The fourth-order valence-corrected chi connectivity index (χ4v) is 3.99. The lowest BCUT2D eigenvalue weighted by atomic mass is 10.0. The van der Waals surface area contributed by atoms with Crippen molar-refractivity contribution in [2.45, 2.75) is 26.4 Å². The first-order chi connectivity index (χ1) is 13.6. The highest BCUT2D eigenvalue weighted by molar-refractivity contribution is 7.10. The van der Waals surface area contributed by atoms with Gasteiger partial charge in [-0.25, -0.2) is 9.59 Å². The summed E-state index contributed by atoms with van der Waals surface area (Å²) < 4.78 is 5.31. The lowest BCUT2D eigenvalue weighted by Gasteiger charge is -2.31. The van der Waals surface area contributed by atoms with Gasteiger partial charge in [0.1, 0.15) is 0 Å². The van der Waals surface area contributed by atoms with Gasteiger partial charge in [0.2, 0.25) is 0 Å². The molecule has 28 heavy (non-hydrogen) atoms. The fraction of sp³-hybridized carbons (Fsp3) is 0.333. The number of carbonyl (C=O) groups excluding carboxylic acids is 2. The number of carbonyl (C=O) groups is 2. The molecule has 0 spiro atoms. The van der Waals surface area contributed by atoms with Crippen molar-refractivity contribution in [3.63, 3.8) is 0 Å². The number of rotatable bonds is 8. The minimum atomic E-state index is -0.502. The molecule has 2 N–H and O–H groups in total. The van der Waals surface area contributed by atoms with Gasteiger partial charge in [-0.15, -0.1) is 11.3 Å². The third kappa shape index (κ3) is 4.79. The zero-order valence-electron chi connectivity index (χ0n) is 16.1. The predicted molar refractivity (Wildman–Crippen MR) is 110 cm³/mol. The molecule has 1 aromatic heterocycles. The summed E-state index contributed by atoms with van der Waals surface area (Å²) in [4.78, 5) is 28.2. The standard InChI is InChI=1S/C21H25N3O3S/c1-3-24(13-15-9-6-5-7-10-15)14-16-18(20(25)27-4-2)19(23-21(26)22-16)17-11-8-12-28-17/h5-12,19H,3-4,13-14H2,1-2H3,(H2,22,23,26)/t19-/m1/s1. The molecule has 0 fully saturated rings. The van der Waals surface area contributed by atoms with Crippen molar-refractivity contribution in [2.24, 2.45) is 0 Å². The van der Waals surface area contributed by atoms with E-state index in [9.17, 15) is 9.59 Å². The molecular weight excluding hydrogens is 374 g/mol. The number of thiophene rings is 1. The number of amides is 2. The average molecular weight is 400 g/mol. The van der Waals surface area contributed by atoms with Gasteiger partial charge in [0, 0.05) is 23.7 Å². The molecule has 0 saturated heterocycles. The number of benzene rings is 1. The van der Waals surface area contributed by atoms with Gasteiger partial charge in [0.25, 0.3) is 0 Å². The number of hydrogen-bond donors (Lipinski definition) is 2. The molecule has 2 aromatic rings. The molecule has 1 atom stereocenters. The van der Waals surface area contributed by atoms with Crippen molar-refractivity contribution in [3.8, 4) is 0 Å². The van der Waals surface area contributed by atoms with Crippen molar-refractivity contribution in [1.82, 2.24) is 15.5 Å². The van der Waals surface area contributed by atoms with Crippen molar-refractivity contribution >= 4 is 23.3 Å². The first-order valence-electron chi connectivity index (χ1n) is 9.39. The second kappa shape index (κ2) is 9.52. The van der Waals surface area contributed by atoms with Crippen LogP contribution in [0.25, 0.3) is 0 Å². The van der Waals surface area contributed by atoms with Crippen LogP contribution in [0.3, 0.4) is 0 Å². The molecule has 1 aromatic carbocycles. The maximum atomic E-state index is 12.8. The zero-order valence-corrected chi connectivity index (χ0v) is 16.9. The van der Waals surface area contributed by atoms with Crippen LogP contribution in [0.2, 0.25) is 0 Å². The molecule has 1 aliphatic heterocycles. The lowest BCUT2D eigenvalue weighted by molar-refractivity contribution is -0.139. The van der Waals surface area contributed by atoms with E-state index in [0.29, 0.717) is 17.8 Å². The van der Waals surface area contributed by atoms with Crippen LogP contribution in [0.15, 0.2) is 59.1 Å². The first kappa shape index (κ1) is 20.1. The maximum Gasteiger partial charge on any atom is 0.338 e. The van der Waals surface area contributed by atoms with Crippen LogP contribution in [0.5, 0.6) is 0 Å². The average Bonchev–Trinajstić information content (AvgIpc) is 3.22. The van der Waals surface area contributed by atoms with Crippen LogP contribution in [0, 0.1) is 0 Å². The van der Waals surface area contributed by atoms with Gasteiger partial charge in [-0.2, -0.15) is 0 Å². The molecule has 2 heterocycles. The van der Waals surface area contributed by atoms with E-state index in [1.807, 2.05) is 35.7 Å². The quantitative estimate of drug-likeness (QED) is 0.667. The highest BCUT2D eigenvalue weighted by Gasteiger charge is 2.34. The van der Waals surface area contributed by atoms with Crippen LogP contribution in [-0.2, 0) is 16.1 Å². The number of nitrogens with one attached hydrogen (secondary N) is 2. The van der Waals surface area contributed by atoms with Crippen LogP contribution >= 0.6 is 11.3 Å². The largest absolute Gasteiger partial charge is 0.463 e. The first-order valence-corrected chi connectivity index (χ1v) is 10.3. The van der Waals surface area contributed by atoms with Gasteiger partial charge >= 0.3 is 12.0 Å². The Kier molecular flexibility index (Phi) is 6.84. The van der Waals surface area contributed by atoms with Crippen LogP contribution in [-0.4, -0.2) is 36.6 Å². The highest BCUT2D eigenvalue weighted by Crippen LogP contribution is 2.31. The van der Waals surface area contributed by atoms with Crippen molar-refractivity contribution in [1.29, 1.82) is 0 Å². The Bertz CT molecular complexity index is 834. The second-order valence-electron chi connectivity index (χ2n) is 6.45. The molecule has 7 heteroatoms. The van der Waals surface area contributed by atoms with Gasteiger partial charge in [-0.05, 0) is 30.5 Å². The van der Waals surface area contributed by atoms with E-state index in [0.717, 1.165) is 18.0 Å². The molecule has 0 saturated carbocycles. The van der Waals surface area contributed by atoms with Crippen molar-refractivity contribution in [2.75, 3.05) is 19.7 Å². The van der Waals surface area contributed by atoms with Crippen LogP contribution < -0.4 is 10.6 Å². The minimum absolute atomic E-state index is 0.280. The van der Waals surface area contributed by atoms with Gasteiger partial charge in [0.15, 0.2) is 0 Å². The van der Waals surface area contributed by atoms with E-state index in [-0.39, 0.29) is 12.6 Å². The number of urea groups is 1. The maximum absolute atomic E-state index is 12.8. The molecule has 1 aliphatic rings. The summed E-state index contributed by atoms with van der Waals surface area (Å²) >= 11 is 1.50. The Morgan fingerprint density at radius 3 is 2.57 bits per heavy atom. The minimum Gasteiger partial charge on any atom is -0.463 e. The van der Waals surface area contributed by atoms with Crippen LogP contribution in [0.4, 0.5) is 4.79 Å². The van der Waals surface area contributed by atoms with Crippen LogP contribution in [0.1, 0.15) is 30.3 Å². The molecule has 0 aliphatic carbocycles. The number of hydrogen-bond acceptors (Lipinski definition) is 5. The molecule has 2 amide bonds. The normalized spacial score (nSPS) is 16.7. The van der Waals surface area contributed by atoms with E-state index in [1.165, 1.54) is 16.9 Å². The van der Waals surface area contributed by atoms with Gasteiger partial charge in [-0.1, -0.05) is 43.3 Å². The Hall–Kier alpha value is -2.64. The molecule has 0 unspecified atom stereocenters. The molecule has 6 nitrogen and oxygen atoms in total. The monoisotopic (exact) mass is 399 g/mol. The Balaban J connectivity index is 1.92. The summed E-state index contributed by atoms with van der Waals surface area (Å²) in [6.07, 6.45) is 0. The summed E-state index contributed by atoms with van der Waals surface area (Å²) in [5.41, 5.74) is 2.24. The number of ether oxygens (including phenoxy) is 1. The van der Waals surface area contributed by atoms with E-state index in [1.54, 1.807) is 6.92 Å². The summed E-state index contributed by atoms with van der Waals surface area (Å²) in [7, 11) is 0. The molecule has 0 radical (unpaired) electrons. The third-order valence-electron chi connectivity index (χ3n) is 4.55. The van der Waals surface area contributed by atoms with Crippen molar-refractivity contribution in [3.05, 3.63) is 69.6 Å². The number of likely N-dealkylation sites (N-methyl/N-ethyl adjacent to an activating group) is 1. The zero-order chi connectivity index (χ0) is 19.9. The molecule has 3 rings (SSSR count). The SMILES string of the molecule is CCOC(=O)C1=C(CN(CC)Cc2ccccc2)NC(=O)N[C@@H]1c1cccs1. The van der Waals surface area contributed by atoms with E-state index in [4.69, 9.17) is 4.74 Å². The summed E-state index contributed by atoms with van der Waals surface area (Å²) in [6.45, 7) is 6.08.